The monoisotopic (exact) mass is 363 g/mol. The predicted octanol–water partition coefficient (Wildman–Crippen LogP) is 4.03. The van der Waals surface area contributed by atoms with E-state index in [1.807, 2.05) is 48.5 Å². The van der Waals surface area contributed by atoms with Gasteiger partial charge in [0.05, 0.1) is 19.1 Å². The first-order chi connectivity index (χ1) is 13.2. The molecule has 0 bridgehead atoms. The summed E-state index contributed by atoms with van der Waals surface area (Å²) in [4.78, 5) is 11.6. The van der Waals surface area contributed by atoms with E-state index in [9.17, 15) is 4.79 Å². The lowest BCUT2D eigenvalue weighted by Crippen LogP contribution is -2.15. The van der Waals surface area contributed by atoms with Gasteiger partial charge in [-0.3, -0.25) is 4.79 Å². The van der Waals surface area contributed by atoms with Gasteiger partial charge in [-0.15, -0.1) is 0 Å². The highest BCUT2D eigenvalue weighted by molar-refractivity contribution is 5.75. The molecule has 1 aliphatic carbocycles. The van der Waals surface area contributed by atoms with Crippen LogP contribution in [0.1, 0.15) is 49.1 Å². The van der Waals surface area contributed by atoms with Crippen molar-refractivity contribution in [2.24, 2.45) is 5.73 Å². The lowest BCUT2D eigenvalue weighted by Gasteiger charge is -2.18. The van der Waals surface area contributed by atoms with Crippen LogP contribution in [0.2, 0.25) is 0 Å². The minimum atomic E-state index is -0.378. The summed E-state index contributed by atoms with van der Waals surface area (Å²) in [6, 6.07) is 15.4. The normalized spacial score (nSPS) is 14.9. The van der Waals surface area contributed by atoms with Crippen LogP contribution in [0.3, 0.4) is 0 Å². The van der Waals surface area contributed by atoms with Crippen molar-refractivity contribution >= 4 is 5.91 Å². The van der Waals surface area contributed by atoms with Crippen LogP contribution in [0.5, 0.6) is 11.5 Å². The smallest absolute Gasteiger partial charge is 0.219 e. The molecule has 3 rings (SSSR count). The fraction of sp³-hybridized carbons (Fsp3) is 0.348. The fourth-order valence-corrected chi connectivity index (χ4v) is 3.33. The summed E-state index contributed by atoms with van der Waals surface area (Å²) in [6.45, 7) is 0. The first-order valence-electron chi connectivity index (χ1n) is 9.35. The summed E-state index contributed by atoms with van der Waals surface area (Å²) in [5, 5.41) is 0. The standard InChI is InChI=1S/C23H25NO3/c1-26-21-14-13-18(15-22(21)27-20-9-5-6-10-20)19(16-23(24)25)12-11-17-7-3-2-4-8-17/h2-4,7-8,13-15,19-20H,5-6,9-10,16H2,1H3,(H2,24,25). The van der Waals surface area contributed by atoms with Crippen LogP contribution in [-0.2, 0) is 4.79 Å². The van der Waals surface area contributed by atoms with E-state index in [4.69, 9.17) is 15.2 Å². The molecule has 1 fully saturated rings. The van der Waals surface area contributed by atoms with Crippen LogP contribution in [0.25, 0.3) is 0 Å². The highest BCUT2D eigenvalue weighted by atomic mass is 16.5. The molecule has 1 saturated carbocycles. The van der Waals surface area contributed by atoms with E-state index in [0.29, 0.717) is 11.5 Å². The number of ether oxygens (including phenoxy) is 2. The Morgan fingerprint density at radius 1 is 1.15 bits per heavy atom. The number of carbonyl (C=O) groups is 1. The Balaban J connectivity index is 1.89. The topological polar surface area (TPSA) is 61.5 Å². The van der Waals surface area contributed by atoms with Crippen molar-refractivity contribution in [2.75, 3.05) is 7.11 Å². The Kier molecular flexibility index (Phi) is 6.38. The molecular weight excluding hydrogens is 338 g/mol. The molecule has 0 saturated heterocycles. The number of carbonyl (C=O) groups excluding carboxylic acids is 1. The molecule has 4 nitrogen and oxygen atoms in total. The molecule has 140 valence electrons. The second-order valence-corrected chi connectivity index (χ2v) is 6.79. The number of hydrogen-bond donors (Lipinski definition) is 1. The van der Waals surface area contributed by atoms with Crippen molar-refractivity contribution in [1.29, 1.82) is 0 Å². The molecule has 0 radical (unpaired) electrons. The zero-order valence-electron chi connectivity index (χ0n) is 15.6. The van der Waals surface area contributed by atoms with Gasteiger partial charge in [-0.25, -0.2) is 0 Å². The maximum atomic E-state index is 11.6. The van der Waals surface area contributed by atoms with Crippen molar-refractivity contribution in [3.8, 4) is 23.3 Å². The fourth-order valence-electron chi connectivity index (χ4n) is 3.33. The van der Waals surface area contributed by atoms with Gasteiger partial charge in [0.15, 0.2) is 11.5 Å². The van der Waals surface area contributed by atoms with Gasteiger partial charge in [-0.1, -0.05) is 36.1 Å². The molecule has 0 aliphatic heterocycles. The van der Waals surface area contributed by atoms with Crippen molar-refractivity contribution < 1.29 is 14.3 Å². The maximum absolute atomic E-state index is 11.6. The maximum Gasteiger partial charge on any atom is 0.219 e. The van der Waals surface area contributed by atoms with E-state index in [1.165, 1.54) is 12.8 Å². The Hall–Kier alpha value is -2.93. The number of rotatable bonds is 6. The van der Waals surface area contributed by atoms with Crippen molar-refractivity contribution in [3.63, 3.8) is 0 Å². The van der Waals surface area contributed by atoms with Gasteiger partial charge < -0.3 is 15.2 Å². The van der Waals surface area contributed by atoms with Gasteiger partial charge in [0.2, 0.25) is 5.91 Å². The molecule has 2 aromatic carbocycles. The van der Waals surface area contributed by atoms with Crippen molar-refractivity contribution in [3.05, 3.63) is 59.7 Å². The minimum absolute atomic E-state index is 0.162. The highest BCUT2D eigenvalue weighted by Crippen LogP contribution is 2.35. The number of amides is 1. The van der Waals surface area contributed by atoms with E-state index in [0.717, 1.165) is 24.0 Å². The third kappa shape index (κ3) is 5.27. The van der Waals surface area contributed by atoms with Crippen molar-refractivity contribution in [2.45, 2.75) is 44.1 Å². The van der Waals surface area contributed by atoms with Gasteiger partial charge in [0, 0.05) is 12.0 Å². The SMILES string of the molecule is COc1ccc(C(C#Cc2ccccc2)CC(N)=O)cc1OC1CCCC1. The van der Waals surface area contributed by atoms with E-state index in [1.54, 1.807) is 7.11 Å². The molecule has 1 unspecified atom stereocenters. The first-order valence-corrected chi connectivity index (χ1v) is 9.35. The van der Waals surface area contributed by atoms with E-state index < -0.39 is 0 Å². The predicted molar refractivity (Wildman–Crippen MR) is 106 cm³/mol. The molecule has 2 N–H and O–H groups in total. The van der Waals surface area contributed by atoms with Crippen LogP contribution >= 0.6 is 0 Å². The summed E-state index contributed by atoms with van der Waals surface area (Å²) in [5.41, 5.74) is 7.28. The number of primary amides is 1. The average Bonchev–Trinajstić information content (AvgIpc) is 3.19. The number of hydrogen-bond acceptors (Lipinski definition) is 3. The molecule has 27 heavy (non-hydrogen) atoms. The molecular formula is C23H25NO3. The van der Waals surface area contributed by atoms with E-state index >= 15 is 0 Å². The molecule has 1 atom stereocenters. The number of benzene rings is 2. The largest absolute Gasteiger partial charge is 0.493 e. The lowest BCUT2D eigenvalue weighted by atomic mass is 9.95. The van der Waals surface area contributed by atoms with Gasteiger partial charge in [-0.05, 0) is 55.5 Å². The third-order valence-corrected chi connectivity index (χ3v) is 4.76. The second kappa shape index (κ2) is 9.14. The number of methoxy groups -OCH3 is 1. The summed E-state index contributed by atoms with van der Waals surface area (Å²) in [6.07, 6.45) is 4.89. The molecule has 0 spiro atoms. The summed E-state index contributed by atoms with van der Waals surface area (Å²) < 4.78 is 11.6. The van der Waals surface area contributed by atoms with Crippen LogP contribution in [0.15, 0.2) is 48.5 Å². The molecule has 0 aromatic heterocycles. The number of nitrogens with two attached hydrogens (primary N) is 1. The van der Waals surface area contributed by atoms with Crippen molar-refractivity contribution in [1.82, 2.24) is 0 Å². The Bertz CT molecular complexity index is 830. The van der Waals surface area contributed by atoms with Crippen LogP contribution in [0.4, 0.5) is 0 Å². The first kappa shape index (κ1) is 18.8. The Morgan fingerprint density at radius 3 is 2.56 bits per heavy atom. The lowest BCUT2D eigenvalue weighted by molar-refractivity contribution is -0.118. The second-order valence-electron chi connectivity index (χ2n) is 6.79. The van der Waals surface area contributed by atoms with Gasteiger partial charge in [0.1, 0.15) is 0 Å². The molecule has 2 aromatic rings. The van der Waals surface area contributed by atoms with Gasteiger partial charge in [-0.2, -0.15) is 0 Å². The molecule has 1 aliphatic rings. The van der Waals surface area contributed by atoms with Gasteiger partial charge >= 0.3 is 0 Å². The summed E-state index contributed by atoms with van der Waals surface area (Å²) >= 11 is 0. The van der Waals surface area contributed by atoms with E-state index in [-0.39, 0.29) is 24.3 Å². The Morgan fingerprint density at radius 2 is 1.89 bits per heavy atom. The average molecular weight is 363 g/mol. The molecule has 1 amide bonds. The summed E-state index contributed by atoms with van der Waals surface area (Å²) in [7, 11) is 1.63. The van der Waals surface area contributed by atoms with Gasteiger partial charge in [0.25, 0.3) is 0 Å². The van der Waals surface area contributed by atoms with E-state index in [2.05, 4.69) is 11.8 Å². The Labute approximate surface area is 160 Å². The highest BCUT2D eigenvalue weighted by Gasteiger charge is 2.20. The van der Waals surface area contributed by atoms with Crippen LogP contribution in [0, 0.1) is 11.8 Å². The van der Waals surface area contributed by atoms with Crippen LogP contribution < -0.4 is 15.2 Å². The molecule has 4 heteroatoms. The zero-order chi connectivity index (χ0) is 19.1. The zero-order valence-corrected chi connectivity index (χ0v) is 15.6. The third-order valence-electron chi connectivity index (χ3n) is 4.76. The molecule has 0 heterocycles. The van der Waals surface area contributed by atoms with Crippen LogP contribution in [-0.4, -0.2) is 19.1 Å². The quantitative estimate of drug-likeness (QED) is 0.788. The summed E-state index contributed by atoms with van der Waals surface area (Å²) in [5.74, 6) is 7.06. The minimum Gasteiger partial charge on any atom is -0.493 e.